The summed E-state index contributed by atoms with van der Waals surface area (Å²) in [5.74, 6) is 0. The van der Waals surface area contributed by atoms with Crippen molar-refractivity contribution in [3.8, 4) is 0 Å². The molecule has 4 aromatic carbocycles. The molecule has 0 unspecified atom stereocenters. The van der Waals surface area contributed by atoms with Gasteiger partial charge in [-0.05, 0) is 76.0 Å². The van der Waals surface area contributed by atoms with Gasteiger partial charge in [-0.2, -0.15) is 0 Å². The van der Waals surface area contributed by atoms with Crippen molar-refractivity contribution in [2.45, 2.75) is 101 Å². The second kappa shape index (κ2) is 26.3. The molecule has 0 saturated carbocycles. The van der Waals surface area contributed by atoms with Gasteiger partial charge in [0, 0.05) is 56.9 Å². The third kappa shape index (κ3) is 13.7. The van der Waals surface area contributed by atoms with E-state index in [1.807, 2.05) is 56.9 Å². The number of rotatable bonds is 32. The van der Waals surface area contributed by atoms with Gasteiger partial charge in [0.15, 0.2) is 0 Å². The fourth-order valence-electron chi connectivity index (χ4n) is 9.62. The minimum absolute atomic E-state index is 0.155. The summed E-state index contributed by atoms with van der Waals surface area (Å²) in [4.78, 5) is 0. The van der Waals surface area contributed by atoms with Crippen molar-refractivity contribution in [2.24, 2.45) is 5.41 Å². The Bertz CT molecular complexity index is 1460. The number of unbranched alkanes of at least 4 members (excludes halogenated alkanes) is 4. The van der Waals surface area contributed by atoms with Gasteiger partial charge in [-0.25, -0.2) is 0 Å². The quantitative estimate of drug-likeness (QED) is 0.0355. The zero-order valence-corrected chi connectivity index (χ0v) is 42.6. The molecule has 0 radical (unpaired) electrons. The minimum atomic E-state index is -2.56. The van der Waals surface area contributed by atoms with Gasteiger partial charge in [0.1, 0.15) is 0 Å². The topological polar surface area (TPSA) is 73.8 Å². The lowest BCUT2D eigenvalue weighted by Crippen LogP contribution is -2.52. The Morgan fingerprint density at radius 2 is 0.459 bits per heavy atom. The van der Waals surface area contributed by atoms with Crippen LogP contribution in [-0.4, -0.2) is 91.1 Å². The van der Waals surface area contributed by atoms with E-state index < -0.39 is 34.2 Å². The van der Waals surface area contributed by atoms with Crippen LogP contribution in [0.5, 0.6) is 0 Å². The molecule has 0 spiro atoms. The molecule has 0 aliphatic carbocycles. The first kappa shape index (κ1) is 51.1. The Balaban J connectivity index is 1.59. The van der Waals surface area contributed by atoms with E-state index in [0.29, 0.717) is 0 Å². The number of hydrogen-bond donors (Lipinski definition) is 0. The molecule has 4 rings (SSSR count). The van der Waals surface area contributed by atoms with Crippen LogP contribution < -0.4 is 20.7 Å². The van der Waals surface area contributed by atoms with Crippen LogP contribution in [0.15, 0.2) is 121 Å². The summed E-state index contributed by atoms with van der Waals surface area (Å²) >= 11 is 0. The zero-order chi connectivity index (χ0) is 43.9. The van der Waals surface area contributed by atoms with E-state index in [9.17, 15) is 0 Å². The van der Waals surface area contributed by atoms with Gasteiger partial charge < -0.3 is 35.4 Å². The van der Waals surface area contributed by atoms with Crippen LogP contribution >= 0.6 is 0 Å². The summed E-state index contributed by atoms with van der Waals surface area (Å²) in [7, 11) is 4.33. The van der Waals surface area contributed by atoms with Crippen molar-refractivity contribution >= 4 is 55.0 Å². The maximum atomic E-state index is 6.27. The molecule has 0 aliphatic heterocycles. The first-order valence-corrected chi connectivity index (χ1v) is 30.5. The average Bonchev–Trinajstić information content (AvgIpc) is 3.33. The van der Waals surface area contributed by atoms with Crippen molar-refractivity contribution in [3.05, 3.63) is 121 Å². The van der Waals surface area contributed by atoms with Crippen LogP contribution in [0.25, 0.3) is 0 Å². The summed E-state index contributed by atoms with van der Waals surface area (Å²) in [5.41, 5.74) is 0.155. The molecule has 61 heavy (non-hydrogen) atoms. The lowest BCUT2D eigenvalue weighted by molar-refractivity contribution is 0.172. The smallest absolute Gasteiger partial charge is 0.371 e. The highest BCUT2D eigenvalue weighted by molar-refractivity contribution is 6.82. The number of hydrogen-bond acceptors (Lipinski definition) is 8. The molecule has 0 aliphatic rings. The van der Waals surface area contributed by atoms with Gasteiger partial charge in [0.25, 0.3) is 0 Å². The summed E-state index contributed by atoms with van der Waals surface area (Å²) in [6.45, 7) is 0. The second-order valence-corrected chi connectivity index (χ2v) is 30.0. The van der Waals surface area contributed by atoms with Gasteiger partial charge in [-0.15, -0.1) is 0 Å². The van der Waals surface area contributed by atoms with Crippen molar-refractivity contribution in [3.63, 3.8) is 0 Å². The monoisotopic (exact) mass is 904 g/mol. The van der Waals surface area contributed by atoms with Crippen molar-refractivity contribution in [2.75, 3.05) is 56.9 Å². The van der Waals surface area contributed by atoms with Crippen LogP contribution in [-0.2, 0) is 35.4 Å². The van der Waals surface area contributed by atoms with E-state index in [1.165, 1.54) is 20.7 Å². The fraction of sp³-hybridized carbons (Fsp3) is 0.510. The van der Waals surface area contributed by atoms with Gasteiger partial charge in [0.2, 0.25) is 0 Å². The third-order valence-electron chi connectivity index (χ3n) is 13.3. The van der Waals surface area contributed by atoms with Gasteiger partial charge in [-0.1, -0.05) is 173 Å². The van der Waals surface area contributed by atoms with Crippen LogP contribution in [0.3, 0.4) is 0 Å². The average molecular weight is 905 g/mol. The summed E-state index contributed by atoms with van der Waals surface area (Å²) < 4.78 is 50.2. The molecule has 0 saturated heterocycles. The molecule has 4 aromatic rings. The largest absolute Gasteiger partial charge is 0.394 e. The zero-order valence-electron chi connectivity index (χ0n) is 38.6. The van der Waals surface area contributed by atoms with Crippen LogP contribution in [0.4, 0.5) is 0 Å². The summed E-state index contributed by atoms with van der Waals surface area (Å²) in [6.07, 6.45) is 13.3. The standard InChI is InChI=1S/C49H76O8Si4/c1-50-58(51-2,45-29-13-9-14-30-45)41-25-21-37-49(38-22-26-42-59(52-3,53-4)46-31-15-10-16-32-46,39-23-27-43-60(54-5,55-6)47-33-17-11-18-34-47)40-24-28-44-61(56-7,57-8)48-35-19-12-20-36-48/h9-20,29-36H,21-28,37-44H2,1-8H3. The first-order valence-electron chi connectivity index (χ1n) is 22.4. The first-order chi connectivity index (χ1) is 29.7. The fourth-order valence-corrected chi connectivity index (χ4v) is 20.6. The Kier molecular flexibility index (Phi) is 22.0. The Morgan fingerprint density at radius 1 is 0.279 bits per heavy atom. The molecule has 12 heteroatoms. The van der Waals surface area contributed by atoms with E-state index >= 15 is 0 Å². The lowest BCUT2D eigenvalue weighted by atomic mass is 9.71. The highest BCUT2D eigenvalue weighted by atomic mass is 28.4. The third-order valence-corrected chi connectivity index (χ3v) is 27.5. The molecule has 336 valence electrons. The highest BCUT2D eigenvalue weighted by Crippen LogP contribution is 2.43. The van der Waals surface area contributed by atoms with Crippen LogP contribution in [0.2, 0.25) is 24.2 Å². The molecule has 0 N–H and O–H groups in total. The molecule has 8 nitrogen and oxygen atoms in total. The van der Waals surface area contributed by atoms with E-state index in [1.54, 1.807) is 0 Å². The predicted octanol–water partition coefficient (Wildman–Crippen LogP) is 9.22. The maximum absolute atomic E-state index is 6.27. The van der Waals surface area contributed by atoms with Crippen LogP contribution in [0, 0.1) is 5.41 Å². The minimum Gasteiger partial charge on any atom is -0.394 e. The van der Waals surface area contributed by atoms with Gasteiger partial charge >= 0.3 is 34.2 Å². The Hall–Kier alpha value is -2.57. The molecule has 0 atom stereocenters. The molecular weight excluding hydrogens is 829 g/mol. The summed E-state index contributed by atoms with van der Waals surface area (Å²) in [5, 5.41) is 4.77. The molecular formula is C49H76O8Si4. The SMILES string of the molecule is CO[Si](CCCCC(CCCC[Si](OC)(OC)c1ccccc1)(CCCC[Si](OC)(OC)c1ccccc1)CCCC[Si](OC)(OC)c1ccccc1)(OC)c1ccccc1. The number of benzene rings is 4. The lowest BCUT2D eigenvalue weighted by Gasteiger charge is -2.37. The van der Waals surface area contributed by atoms with E-state index in [0.717, 1.165) is 101 Å². The molecule has 0 amide bonds. The van der Waals surface area contributed by atoms with Gasteiger partial charge in [0.05, 0.1) is 0 Å². The molecule has 0 aromatic heterocycles. The summed E-state index contributed by atoms with van der Waals surface area (Å²) in [6, 6.07) is 46.0. The Labute approximate surface area is 373 Å². The molecule has 0 heterocycles. The normalized spacial score (nSPS) is 12.9. The van der Waals surface area contributed by atoms with E-state index in [4.69, 9.17) is 35.4 Å². The van der Waals surface area contributed by atoms with Gasteiger partial charge in [-0.3, -0.25) is 0 Å². The highest BCUT2D eigenvalue weighted by Gasteiger charge is 2.42. The van der Waals surface area contributed by atoms with E-state index in [-0.39, 0.29) is 5.41 Å². The predicted molar refractivity (Wildman–Crippen MR) is 260 cm³/mol. The van der Waals surface area contributed by atoms with E-state index in [2.05, 4.69) is 121 Å². The maximum Gasteiger partial charge on any atom is 0.371 e. The van der Waals surface area contributed by atoms with Crippen molar-refractivity contribution in [1.82, 2.24) is 0 Å². The van der Waals surface area contributed by atoms with Crippen LogP contribution in [0.1, 0.15) is 77.0 Å². The van der Waals surface area contributed by atoms with Crippen molar-refractivity contribution < 1.29 is 35.4 Å². The second-order valence-electron chi connectivity index (χ2n) is 16.4. The molecule has 0 fully saturated rings. The van der Waals surface area contributed by atoms with Crippen molar-refractivity contribution in [1.29, 1.82) is 0 Å². The molecule has 0 bridgehead atoms. The Morgan fingerprint density at radius 3 is 0.623 bits per heavy atom.